The van der Waals surface area contributed by atoms with Crippen LogP contribution < -0.4 is 5.73 Å². The van der Waals surface area contributed by atoms with Gasteiger partial charge in [-0.1, -0.05) is 18.2 Å². The molecule has 0 spiro atoms. The third-order valence-electron chi connectivity index (χ3n) is 2.21. The summed E-state index contributed by atoms with van der Waals surface area (Å²) in [6.07, 6.45) is 0.00440. The van der Waals surface area contributed by atoms with Crippen LogP contribution in [0.3, 0.4) is 0 Å². The Kier molecular flexibility index (Phi) is 5.79. The minimum absolute atomic E-state index is 0. The second-order valence-electron chi connectivity index (χ2n) is 3.24. The van der Waals surface area contributed by atoms with Crippen molar-refractivity contribution in [1.29, 1.82) is 0 Å². The number of halogens is 2. The molecule has 0 heterocycles. The molecule has 0 bridgehead atoms. The van der Waals surface area contributed by atoms with Crippen LogP contribution in [0.2, 0.25) is 0 Å². The first-order valence-electron chi connectivity index (χ1n) is 4.35. The molecule has 3 N–H and O–H groups in total. The average Bonchev–Trinajstić information content (AvgIpc) is 2.18. The van der Waals surface area contributed by atoms with E-state index in [1.165, 1.54) is 18.2 Å². The van der Waals surface area contributed by atoms with E-state index in [1.807, 2.05) is 0 Å². The number of nitrogens with two attached hydrogens (primary N) is 1. The van der Waals surface area contributed by atoms with E-state index in [1.54, 1.807) is 6.07 Å². The van der Waals surface area contributed by atoms with Gasteiger partial charge in [-0.25, -0.2) is 8.78 Å². The van der Waals surface area contributed by atoms with E-state index in [0.717, 1.165) is 0 Å². The maximum absolute atomic E-state index is 13.3. The van der Waals surface area contributed by atoms with Crippen molar-refractivity contribution in [2.75, 3.05) is 13.3 Å². The van der Waals surface area contributed by atoms with Crippen molar-refractivity contribution < 1.29 is 13.9 Å². The maximum Gasteiger partial charge on any atom is 0.128 e. The zero-order valence-electron chi connectivity index (χ0n) is 8.21. The summed E-state index contributed by atoms with van der Waals surface area (Å²) in [5, 5.41) is 8.72. The Hall–Kier alpha value is -0.650. The van der Waals surface area contributed by atoms with Crippen molar-refractivity contribution in [2.24, 2.45) is 5.73 Å². The first-order valence-corrected chi connectivity index (χ1v) is 4.35. The van der Waals surface area contributed by atoms with E-state index in [4.69, 9.17) is 10.8 Å². The monoisotopic (exact) mass is 235 g/mol. The fraction of sp³-hybridized carbons (Fsp3) is 0.400. The largest absolute Gasteiger partial charge is 0.396 e. The van der Waals surface area contributed by atoms with Crippen LogP contribution in [0.15, 0.2) is 24.3 Å². The van der Waals surface area contributed by atoms with Gasteiger partial charge >= 0.3 is 0 Å². The molecule has 0 aromatic heterocycles. The predicted molar refractivity (Wildman–Crippen MR) is 60.3 cm³/mol. The highest BCUT2D eigenvalue weighted by Crippen LogP contribution is 2.24. The molecule has 0 aliphatic rings. The van der Waals surface area contributed by atoms with Crippen molar-refractivity contribution in [3.63, 3.8) is 0 Å². The van der Waals surface area contributed by atoms with Crippen molar-refractivity contribution >= 4 is 13.5 Å². The third kappa shape index (κ3) is 3.15. The lowest BCUT2D eigenvalue weighted by atomic mass is 9.89. The molecule has 2 nitrogen and oxygen atoms in total. The lowest BCUT2D eigenvalue weighted by molar-refractivity contribution is 0.206. The summed E-state index contributed by atoms with van der Waals surface area (Å²) in [5.74, 6) is -0.541. The van der Waals surface area contributed by atoms with Crippen LogP contribution in [-0.2, 0) is 5.54 Å². The smallest absolute Gasteiger partial charge is 0.128 e. The molecule has 15 heavy (non-hydrogen) atoms. The Bertz CT molecular complexity index is 311. The fourth-order valence-electron chi connectivity index (χ4n) is 1.34. The average molecular weight is 235 g/mol. The summed E-state index contributed by atoms with van der Waals surface area (Å²) < 4.78 is 26.0. The van der Waals surface area contributed by atoms with Gasteiger partial charge in [-0.15, -0.1) is 0 Å². The number of aliphatic hydroxyl groups excluding tert-OH is 1. The lowest BCUT2D eigenvalue weighted by Crippen LogP contribution is -2.40. The van der Waals surface area contributed by atoms with Gasteiger partial charge in [0, 0.05) is 12.2 Å². The zero-order valence-corrected chi connectivity index (χ0v) is 9.21. The van der Waals surface area contributed by atoms with Crippen LogP contribution >= 0.6 is 13.5 Å². The molecular weight excluding hydrogens is 220 g/mol. The number of benzene rings is 1. The molecule has 0 saturated heterocycles. The van der Waals surface area contributed by atoms with Gasteiger partial charge in [-0.3, -0.25) is 0 Å². The Labute approximate surface area is 94.5 Å². The lowest BCUT2D eigenvalue weighted by Gasteiger charge is -2.26. The predicted octanol–water partition coefficient (Wildman–Crippen LogP) is 1.44. The van der Waals surface area contributed by atoms with Gasteiger partial charge in [0.05, 0.1) is 5.54 Å². The van der Waals surface area contributed by atoms with Crippen LogP contribution in [-0.4, -0.2) is 18.4 Å². The van der Waals surface area contributed by atoms with Crippen LogP contribution in [0, 0.1) is 5.82 Å². The van der Waals surface area contributed by atoms with Gasteiger partial charge in [0.2, 0.25) is 0 Å². The molecule has 0 aliphatic carbocycles. The topological polar surface area (TPSA) is 46.2 Å². The highest BCUT2D eigenvalue weighted by molar-refractivity contribution is 7.59. The van der Waals surface area contributed by atoms with Gasteiger partial charge in [-0.2, -0.15) is 13.5 Å². The second-order valence-corrected chi connectivity index (χ2v) is 3.24. The van der Waals surface area contributed by atoms with Crippen LogP contribution in [0.25, 0.3) is 0 Å². The molecule has 1 aromatic carbocycles. The minimum Gasteiger partial charge on any atom is -0.396 e. The van der Waals surface area contributed by atoms with Gasteiger partial charge in [0.25, 0.3) is 0 Å². The molecule has 1 rings (SSSR count). The zero-order chi connectivity index (χ0) is 10.6. The van der Waals surface area contributed by atoms with Crippen LogP contribution in [0.1, 0.15) is 12.0 Å². The standard InChI is InChI=1S/C10H13F2NO.H2S/c11-7-10(13,5-6-14)8-3-1-2-4-9(8)12;/h1-4,14H,5-7,13H2;1H2/t10-;/m1./s1. The summed E-state index contributed by atoms with van der Waals surface area (Å²) in [5.41, 5.74) is 4.35. The Morgan fingerprint density at radius 2 is 1.93 bits per heavy atom. The summed E-state index contributed by atoms with van der Waals surface area (Å²) >= 11 is 0. The molecule has 86 valence electrons. The van der Waals surface area contributed by atoms with E-state index in [-0.39, 0.29) is 32.1 Å². The van der Waals surface area contributed by atoms with E-state index >= 15 is 0 Å². The van der Waals surface area contributed by atoms with Crippen molar-refractivity contribution in [1.82, 2.24) is 0 Å². The third-order valence-corrected chi connectivity index (χ3v) is 2.21. The normalized spacial score (nSPS) is 14.1. The minimum atomic E-state index is -1.42. The molecule has 0 saturated carbocycles. The summed E-state index contributed by atoms with van der Waals surface area (Å²) in [6.45, 7) is -1.16. The molecule has 0 fully saturated rings. The summed E-state index contributed by atoms with van der Waals surface area (Å²) in [4.78, 5) is 0. The van der Waals surface area contributed by atoms with E-state index in [0.29, 0.717) is 0 Å². The summed E-state index contributed by atoms with van der Waals surface area (Å²) in [6, 6.07) is 5.76. The Morgan fingerprint density at radius 1 is 1.33 bits per heavy atom. The molecule has 1 atom stereocenters. The second kappa shape index (κ2) is 6.05. The highest BCUT2D eigenvalue weighted by Gasteiger charge is 2.29. The molecule has 5 heteroatoms. The van der Waals surface area contributed by atoms with Gasteiger partial charge in [0.15, 0.2) is 0 Å². The fourth-order valence-corrected chi connectivity index (χ4v) is 1.34. The van der Waals surface area contributed by atoms with Crippen LogP contribution in [0.5, 0.6) is 0 Å². The Balaban J connectivity index is 0.00000196. The van der Waals surface area contributed by atoms with E-state index < -0.39 is 18.0 Å². The molecular formula is C10H15F2NOS. The SMILES string of the molecule is N[C@@](CF)(CCO)c1ccccc1F.S. The molecule has 0 unspecified atom stereocenters. The van der Waals surface area contributed by atoms with E-state index in [9.17, 15) is 8.78 Å². The molecule has 0 aliphatic heterocycles. The number of hydrogen-bond acceptors (Lipinski definition) is 2. The summed E-state index contributed by atoms with van der Waals surface area (Å²) in [7, 11) is 0. The number of alkyl halides is 1. The van der Waals surface area contributed by atoms with Gasteiger partial charge < -0.3 is 10.8 Å². The molecule has 0 radical (unpaired) electrons. The number of aliphatic hydroxyl groups is 1. The molecule has 1 aromatic rings. The van der Waals surface area contributed by atoms with Crippen molar-refractivity contribution in [3.05, 3.63) is 35.6 Å². The quantitative estimate of drug-likeness (QED) is 0.829. The van der Waals surface area contributed by atoms with Gasteiger partial charge in [0.1, 0.15) is 12.5 Å². The Morgan fingerprint density at radius 3 is 2.40 bits per heavy atom. The van der Waals surface area contributed by atoms with Gasteiger partial charge in [-0.05, 0) is 12.5 Å². The first-order chi connectivity index (χ1) is 6.64. The first kappa shape index (κ1) is 14.3. The van der Waals surface area contributed by atoms with E-state index in [2.05, 4.69) is 0 Å². The maximum atomic E-state index is 13.3. The highest BCUT2D eigenvalue weighted by atomic mass is 32.1. The molecule has 0 amide bonds. The van der Waals surface area contributed by atoms with Crippen LogP contribution in [0.4, 0.5) is 8.78 Å². The van der Waals surface area contributed by atoms with Crippen molar-refractivity contribution in [3.8, 4) is 0 Å². The van der Waals surface area contributed by atoms with Crippen molar-refractivity contribution in [2.45, 2.75) is 12.0 Å². The number of hydrogen-bond donors (Lipinski definition) is 2. The number of rotatable bonds is 4.